The zero-order chi connectivity index (χ0) is 22.1. The van der Waals surface area contributed by atoms with Crippen molar-refractivity contribution in [3.05, 3.63) is 53.6 Å². The van der Waals surface area contributed by atoms with Gasteiger partial charge in [-0.15, -0.1) is 0 Å². The van der Waals surface area contributed by atoms with Crippen molar-refractivity contribution >= 4 is 39.9 Å². The van der Waals surface area contributed by atoms with Gasteiger partial charge in [-0.2, -0.15) is 4.99 Å². The van der Waals surface area contributed by atoms with E-state index in [0.717, 1.165) is 42.0 Å². The van der Waals surface area contributed by atoms with E-state index < -0.39 is 0 Å². The number of hydrogen-bond acceptors (Lipinski definition) is 6. The summed E-state index contributed by atoms with van der Waals surface area (Å²) in [5, 5.41) is 7.09. The fourth-order valence-corrected chi connectivity index (χ4v) is 4.07. The van der Waals surface area contributed by atoms with Crippen LogP contribution in [-0.2, 0) is 16.1 Å². The number of carbonyl (C=O) groups excluding carboxylic acids is 2. The Morgan fingerprint density at radius 1 is 1.09 bits per heavy atom. The Kier molecular flexibility index (Phi) is 5.32. The van der Waals surface area contributed by atoms with Crippen molar-refractivity contribution in [1.82, 2.24) is 9.55 Å². The lowest BCUT2D eigenvalue weighted by Crippen LogP contribution is -2.36. The molecule has 0 atom stereocenters. The molecule has 0 radical (unpaired) electrons. The lowest BCUT2D eigenvalue weighted by molar-refractivity contribution is -0.114. The van der Waals surface area contributed by atoms with Crippen LogP contribution < -0.4 is 21.2 Å². The summed E-state index contributed by atoms with van der Waals surface area (Å²) in [5.41, 5.74) is 3.33. The van der Waals surface area contributed by atoms with Gasteiger partial charge in [0.2, 0.25) is 11.5 Å². The van der Waals surface area contributed by atoms with Gasteiger partial charge in [0.05, 0.1) is 18.7 Å². The fourth-order valence-electron chi connectivity index (χ4n) is 4.07. The molecule has 0 spiro atoms. The number of morpholine rings is 1. The Bertz CT molecular complexity index is 1260. The summed E-state index contributed by atoms with van der Waals surface area (Å²) in [5.74, 6) is 0.387. The number of nitrogens with one attached hydrogen (secondary N) is 2. The van der Waals surface area contributed by atoms with Crippen LogP contribution in [0.4, 0.5) is 17.2 Å². The molecule has 3 aromatic rings. The maximum atomic E-state index is 12.8. The second-order valence-corrected chi connectivity index (χ2v) is 7.82. The van der Waals surface area contributed by atoms with E-state index in [1.54, 1.807) is 24.3 Å². The molecule has 5 rings (SSSR count). The summed E-state index contributed by atoms with van der Waals surface area (Å²) in [6.07, 6.45) is 0. The average molecular weight is 432 g/mol. The van der Waals surface area contributed by atoms with E-state index in [1.807, 2.05) is 10.6 Å². The minimum absolute atomic E-state index is 0.162. The molecule has 9 nitrogen and oxygen atoms in total. The van der Waals surface area contributed by atoms with Crippen LogP contribution in [0, 0.1) is 0 Å². The number of fused-ring (bicyclic) bond motifs is 3. The van der Waals surface area contributed by atoms with Gasteiger partial charge in [0.15, 0.2) is 0 Å². The van der Waals surface area contributed by atoms with Crippen molar-refractivity contribution in [2.24, 2.45) is 4.99 Å². The first-order valence-corrected chi connectivity index (χ1v) is 10.7. The first-order valence-electron chi connectivity index (χ1n) is 10.7. The van der Waals surface area contributed by atoms with E-state index >= 15 is 0 Å². The Morgan fingerprint density at radius 2 is 1.88 bits per heavy atom. The number of nitrogens with zero attached hydrogens (tertiary/aromatic N) is 4. The highest BCUT2D eigenvalue weighted by Gasteiger charge is 2.18. The Hall–Kier alpha value is -3.72. The van der Waals surface area contributed by atoms with E-state index in [1.165, 1.54) is 6.92 Å². The monoisotopic (exact) mass is 432 g/mol. The molecule has 1 aromatic heterocycles. The third-order valence-corrected chi connectivity index (χ3v) is 5.63. The van der Waals surface area contributed by atoms with Gasteiger partial charge < -0.3 is 20.3 Å². The van der Waals surface area contributed by atoms with Crippen molar-refractivity contribution in [3.8, 4) is 0 Å². The highest BCUT2D eigenvalue weighted by Crippen LogP contribution is 2.27. The van der Waals surface area contributed by atoms with Crippen molar-refractivity contribution in [2.45, 2.75) is 13.5 Å². The smallest absolute Gasteiger partial charge is 0.280 e. The Balaban J connectivity index is 1.53. The van der Waals surface area contributed by atoms with E-state index in [0.29, 0.717) is 36.6 Å². The van der Waals surface area contributed by atoms with Gasteiger partial charge in [0, 0.05) is 55.4 Å². The number of rotatable bonds is 3. The van der Waals surface area contributed by atoms with Crippen LogP contribution in [0.25, 0.3) is 10.9 Å². The molecule has 32 heavy (non-hydrogen) atoms. The number of aromatic nitrogens is 2. The molecule has 0 unspecified atom stereocenters. The number of carbonyl (C=O) groups is 2. The van der Waals surface area contributed by atoms with Gasteiger partial charge in [-0.1, -0.05) is 0 Å². The molecule has 1 saturated heterocycles. The molecule has 164 valence electrons. The predicted molar refractivity (Wildman–Crippen MR) is 122 cm³/mol. The minimum atomic E-state index is -0.378. The Labute approximate surface area is 184 Å². The molecule has 2 aromatic carbocycles. The lowest BCUT2D eigenvalue weighted by atomic mass is 10.2. The maximum Gasteiger partial charge on any atom is 0.280 e. The van der Waals surface area contributed by atoms with Crippen LogP contribution in [0.3, 0.4) is 0 Å². The van der Waals surface area contributed by atoms with Crippen molar-refractivity contribution < 1.29 is 14.3 Å². The van der Waals surface area contributed by atoms with Crippen molar-refractivity contribution in [3.63, 3.8) is 0 Å². The zero-order valence-electron chi connectivity index (χ0n) is 17.8. The first kappa shape index (κ1) is 20.2. The molecule has 9 heteroatoms. The van der Waals surface area contributed by atoms with Gasteiger partial charge >= 0.3 is 0 Å². The lowest BCUT2D eigenvalue weighted by Gasteiger charge is -2.29. The van der Waals surface area contributed by atoms with E-state index in [-0.39, 0.29) is 11.8 Å². The molecule has 0 bridgehead atoms. The van der Waals surface area contributed by atoms with Gasteiger partial charge in [0.25, 0.3) is 5.91 Å². The Morgan fingerprint density at radius 3 is 2.62 bits per heavy atom. The number of benzene rings is 2. The summed E-state index contributed by atoms with van der Waals surface area (Å²) in [4.78, 5) is 35.4. The van der Waals surface area contributed by atoms with Crippen LogP contribution >= 0.6 is 0 Å². The molecule has 3 heterocycles. The van der Waals surface area contributed by atoms with Crippen LogP contribution in [0.5, 0.6) is 0 Å². The largest absolute Gasteiger partial charge is 0.378 e. The minimum Gasteiger partial charge on any atom is -0.378 e. The predicted octanol–water partition coefficient (Wildman–Crippen LogP) is 2.00. The number of hydrogen-bond donors (Lipinski definition) is 2. The third kappa shape index (κ3) is 3.94. The average Bonchev–Trinajstić information content (AvgIpc) is 3.30. The third-order valence-electron chi connectivity index (χ3n) is 5.63. The highest BCUT2D eigenvalue weighted by atomic mass is 16.5. The molecular weight excluding hydrogens is 408 g/mol. The topological polar surface area (TPSA) is 101 Å². The van der Waals surface area contributed by atoms with Gasteiger partial charge in [-0.3, -0.25) is 14.2 Å². The van der Waals surface area contributed by atoms with E-state index in [9.17, 15) is 9.59 Å². The van der Waals surface area contributed by atoms with Gasteiger partial charge in [0.1, 0.15) is 5.82 Å². The van der Waals surface area contributed by atoms with E-state index in [4.69, 9.17) is 9.72 Å². The zero-order valence-corrected chi connectivity index (χ0v) is 17.8. The van der Waals surface area contributed by atoms with Gasteiger partial charge in [-0.05, 0) is 42.5 Å². The van der Waals surface area contributed by atoms with Gasteiger partial charge in [-0.25, -0.2) is 4.98 Å². The molecular formula is C23H24N6O3. The summed E-state index contributed by atoms with van der Waals surface area (Å²) in [6.45, 7) is 5.99. The molecule has 2 N–H and O–H groups in total. The highest BCUT2D eigenvalue weighted by molar-refractivity contribution is 5.96. The summed E-state index contributed by atoms with van der Waals surface area (Å²) < 4.78 is 7.40. The van der Waals surface area contributed by atoms with Crippen molar-refractivity contribution in [1.29, 1.82) is 0 Å². The molecule has 2 amide bonds. The fraction of sp³-hybridized carbons (Fsp3) is 0.304. The van der Waals surface area contributed by atoms with Crippen LogP contribution in [-0.4, -0.2) is 54.2 Å². The van der Waals surface area contributed by atoms with Crippen LogP contribution in [0.2, 0.25) is 0 Å². The number of anilines is 3. The SMILES string of the molecule is CC(=O)Nc1ccc(C(=O)N=c2nc3cc(N4CCOCC4)ccc3c3n2CCN3)cc1. The van der Waals surface area contributed by atoms with Crippen LogP contribution in [0.15, 0.2) is 47.5 Å². The van der Waals surface area contributed by atoms with Crippen molar-refractivity contribution in [2.75, 3.05) is 48.4 Å². The van der Waals surface area contributed by atoms with Crippen LogP contribution in [0.1, 0.15) is 17.3 Å². The molecule has 1 fully saturated rings. The first-order chi connectivity index (χ1) is 15.6. The van der Waals surface area contributed by atoms with E-state index in [2.05, 4.69) is 32.7 Å². The normalized spacial score (nSPS) is 16.0. The summed E-state index contributed by atoms with van der Waals surface area (Å²) >= 11 is 0. The summed E-state index contributed by atoms with van der Waals surface area (Å²) in [6, 6.07) is 12.9. The maximum absolute atomic E-state index is 12.8. The summed E-state index contributed by atoms with van der Waals surface area (Å²) in [7, 11) is 0. The molecule has 0 aliphatic carbocycles. The number of amides is 2. The second-order valence-electron chi connectivity index (χ2n) is 7.82. The molecule has 2 aliphatic heterocycles. The quantitative estimate of drug-likeness (QED) is 0.657. The number of ether oxygens (including phenoxy) is 1. The molecule has 2 aliphatic rings. The standard InChI is InChI=1S/C23H24N6O3/c1-15(30)25-17-4-2-16(3-5-17)22(31)27-23-26-20-14-18(28-10-12-32-13-11-28)6-7-19(20)21-24-8-9-29(21)23/h2-7,14,24H,8-13H2,1H3,(H,25,30). The second kappa shape index (κ2) is 8.43. The molecule has 0 saturated carbocycles.